The van der Waals surface area contributed by atoms with E-state index in [1.807, 2.05) is 24.3 Å². The second kappa shape index (κ2) is 34.4. The zero-order valence-corrected chi connectivity index (χ0v) is 32.9. The van der Waals surface area contributed by atoms with E-state index in [1.165, 1.54) is 38.5 Å². The average molecular weight is 759 g/mol. The van der Waals surface area contributed by atoms with Crippen LogP contribution in [0.1, 0.15) is 123 Å². The molecule has 6 atom stereocenters. The van der Waals surface area contributed by atoms with E-state index in [2.05, 4.69) is 74.6 Å². The van der Waals surface area contributed by atoms with Crippen molar-refractivity contribution in [3.63, 3.8) is 0 Å². The van der Waals surface area contributed by atoms with Gasteiger partial charge < -0.3 is 39.4 Å². The number of allylic oxidation sites excluding steroid dienone is 14. The normalized spacial score (nSPS) is 21.6. The Morgan fingerprint density at radius 1 is 0.593 bits per heavy atom. The molecule has 3 unspecified atom stereocenters. The quantitative estimate of drug-likeness (QED) is 0.0313. The van der Waals surface area contributed by atoms with Crippen molar-refractivity contribution in [2.75, 3.05) is 19.8 Å². The van der Waals surface area contributed by atoms with Crippen LogP contribution >= 0.6 is 0 Å². The van der Waals surface area contributed by atoms with Gasteiger partial charge in [-0.15, -0.1) is 0 Å². The van der Waals surface area contributed by atoms with Crippen molar-refractivity contribution in [1.29, 1.82) is 0 Å². The maximum Gasteiger partial charge on any atom is 0.306 e. The molecule has 0 bridgehead atoms. The SMILES string of the molecule is CC/C=C/C/C=C/C/C=C/C/C=C/C/C=C/CCC(=O)OCC(CO[C@H]1O[C@@H](CO)[C@@H](O)C(O)C1O)OC(=O)CC/C=C/C/C=C/CCCCCCCC. The predicted molar refractivity (Wildman–Crippen MR) is 214 cm³/mol. The van der Waals surface area contributed by atoms with Crippen molar-refractivity contribution < 1.29 is 49.0 Å². The number of hydrogen-bond acceptors (Lipinski definition) is 10. The Balaban J connectivity index is 2.48. The number of unbranched alkanes of at least 4 members (excludes halogenated alkanes) is 6. The van der Waals surface area contributed by atoms with Crippen molar-refractivity contribution in [1.82, 2.24) is 0 Å². The lowest BCUT2D eigenvalue weighted by Crippen LogP contribution is -2.59. The van der Waals surface area contributed by atoms with E-state index in [9.17, 15) is 30.0 Å². The Morgan fingerprint density at radius 3 is 1.65 bits per heavy atom. The smallest absolute Gasteiger partial charge is 0.306 e. The van der Waals surface area contributed by atoms with Gasteiger partial charge in [0, 0.05) is 12.8 Å². The average Bonchev–Trinajstić information content (AvgIpc) is 3.17. The summed E-state index contributed by atoms with van der Waals surface area (Å²) in [6.45, 7) is 3.13. The zero-order valence-electron chi connectivity index (χ0n) is 32.9. The minimum Gasteiger partial charge on any atom is -0.462 e. The Kier molecular flexibility index (Phi) is 31.1. The number of esters is 2. The van der Waals surface area contributed by atoms with Gasteiger partial charge in [0.1, 0.15) is 31.0 Å². The summed E-state index contributed by atoms with van der Waals surface area (Å²) < 4.78 is 21.9. The van der Waals surface area contributed by atoms with E-state index < -0.39 is 55.4 Å². The molecule has 10 heteroatoms. The van der Waals surface area contributed by atoms with Gasteiger partial charge in [0.2, 0.25) is 0 Å². The first-order valence-corrected chi connectivity index (χ1v) is 20.2. The molecule has 1 rings (SSSR count). The molecule has 1 saturated heterocycles. The van der Waals surface area contributed by atoms with Gasteiger partial charge >= 0.3 is 11.9 Å². The van der Waals surface area contributed by atoms with Crippen LogP contribution < -0.4 is 0 Å². The van der Waals surface area contributed by atoms with Crippen molar-refractivity contribution in [2.24, 2.45) is 0 Å². The first-order valence-electron chi connectivity index (χ1n) is 20.2. The lowest BCUT2D eigenvalue weighted by atomic mass is 9.99. The predicted octanol–water partition coefficient (Wildman–Crippen LogP) is 7.82. The summed E-state index contributed by atoms with van der Waals surface area (Å²) in [7, 11) is 0. The van der Waals surface area contributed by atoms with Crippen LogP contribution in [0.2, 0.25) is 0 Å². The fourth-order valence-corrected chi connectivity index (χ4v) is 5.35. The Bertz CT molecular complexity index is 1150. The van der Waals surface area contributed by atoms with Crippen molar-refractivity contribution in [3.8, 4) is 0 Å². The largest absolute Gasteiger partial charge is 0.462 e. The van der Waals surface area contributed by atoms with Gasteiger partial charge in [0.25, 0.3) is 0 Å². The standard InChI is InChI=1S/C44H70O10/c1-3-5-7-9-11-13-15-17-18-19-21-22-24-26-28-30-32-39(46)51-35-37(36-52-44-43(50)42(49)41(48)38(34-45)54-44)53-40(47)33-31-29-27-25-23-20-16-14-12-10-8-6-4-2/h5,7,11,13,17-18,20-23,26-29,37-38,41-45,48-50H,3-4,6,8-10,12,14-16,19,24-25,30-36H2,1-2H3/b7-5+,13-11+,18-17+,22-21+,23-20+,28-26+,29-27+/t37?,38-,41+,42?,43?,44-/m0/s1. The van der Waals surface area contributed by atoms with E-state index in [0.717, 1.165) is 44.9 Å². The molecule has 10 nitrogen and oxygen atoms in total. The van der Waals surface area contributed by atoms with Crippen molar-refractivity contribution in [3.05, 3.63) is 85.1 Å². The minimum absolute atomic E-state index is 0.104. The van der Waals surface area contributed by atoms with Gasteiger partial charge in [-0.3, -0.25) is 9.59 Å². The highest BCUT2D eigenvalue weighted by Crippen LogP contribution is 2.22. The number of rotatable bonds is 31. The third kappa shape index (κ3) is 25.8. The third-order valence-electron chi connectivity index (χ3n) is 8.54. The van der Waals surface area contributed by atoms with Crippen LogP contribution in [-0.4, -0.2) is 89.0 Å². The summed E-state index contributed by atoms with van der Waals surface area (Å²) >= 11 is 0. The molecule has 0 radical (unpaired) electrons. The van der Waals surface area contributed by atoms with E-state index in [1.54, 1.807) is 0 Å². The van der Waals surface area contributed by atoms with Gasteiger partial charge in [-0.25, -0.2) is 0 Å². The number of hydrogen-bond donors (Lipinski definition) is 4. The summed E-state index contributed by atoms with van der Waals surface area (Å²) in [4.78, 5) is 25.1. The Labute approximate surface area is 325 Å². The molecule has 306 valence electrons. The first kappa shape index (κ1) is 48.9. The van der Waals surface area contributed by atoms with E-state index in [0.29, 0.717) is 12.8 Å². The minimum atomic E-state index is -1.62. The van der Waals surface area contributed by atoms with Crippen LogP contribution in [0.15, 0.2) is 85.1 Å². The molecule has 0 spiro atoms. The van der Waals surface area contributed by atoms with Gasteiger partial charge in [0.15, 0.2) is 12.4 Å². The number of aliphatic hydroxyl groups excluding tert-OH is 4. The highest BCUT2D eigenvalue weighted by molar-refractivity contribution is 5.70. The first-order chi connectivity index (χ1) is 26.3. The Hall–Kier alpha value is -3.12. The molecule has 1 heterocycles. The maximum atomic E-state index is 12.7. The van der Waals surface area contributed by atoms with Crippen LogP contribution in [-0.2, 0) is 28.5 Å². The van der Waals surface area contributed by atoms with E-state index in [4.69, 9.17) is 18.9 Å². The monoisotopic (exact) mass is 758 g/mol. The van der Waals surface area contributed by atoms with Crippen molar-refractivity contribution >= 4 is 11.9 Å². The summed E-state index contributed by atoms with van der Waals surface area (Å²) in [5.74, 6) is -0.993. The molecule has 1 aliphatic heterocycles. The molecule has 0 aliphatic carbocycles. The highest BCUT2D eigenvalue weighted by Gasteiger charge is 2.44. The fourth-order valence-electron chi connectivity index (χ4n) is 5.35. The lowest BCUT2D eigenvalue weighted by molar-refractivity contribution is -0.305. The van der Waals surface area contributed by atoms with Crippen LogP contribution in [0.3, 0.4) is 0 Å². The summed E-state index contributed by atoms with van der Waals surface area (Å²) in [5.41, 5.74) is 0. The molecular formula is C44H70O10. The van der Waals surface area contributed by atoms with Crippen LogP contribution in [0.4, 0.5) is 0 Å². The van der Waals surface area contributed by atoms with Crippen LogP contribution in [0.25, 0.3) is 0 Å². The summed E-state index contributed by atoms with van der Waals surface area (Å²) in [5, 5.41) is 39.9. The zero-order chi connectivity index (χ0) is 39.5. The number of aliphatic hydroxyl groups is 4. The molecule has 0 aromatic carbocycles. The number of carbonyl (C=O) groups excluding carboxylic acids is 2. The van der Waals surface area contributed by atoms with Gasteiger partial charge in [-0.1, -0.05) is 131 Å². The molecule has 0 saturated carbocycles. The van der Waals surface area contributed by atoms with E-state index in [-0.39, 0.29) is 26.1 Å². The number of carbonyl (C=O) groups is 2. The maximum absolute atomic E-state index is 12.7. The molecule has 1 fully saturated rings. The second-order valence-electron chi connectivity index (χ2n) is 13.3. The highest BCUT2D eigenvalue weighted by atomic mass is 16.7. The second-order valence-corrected chi connectivity index (χ2v) is 13.3. The lowest BCUT2D eigenvalue weighted by Gasteiger charge is -2.39. The third-order valence-corrected chi connectivity index (χ3v) is 8.54. The van der Waals surface area contributed by atoms with Crippen molar-refractivity contribution in [2.45, 2.75) is 160 Å². The molecular weight excluding hydrogens is 688 g/mol. The topological polar surface area (TPSA) is 152 Å². The van der Waals surface area contributed by atoms with Crippen LogP contribution in [0.5, 0.6) is 0 Å². The molecule has 1 aliphatic rings. The molecule has 54 heavy (non-hydrogen) atoms. The number of ether oxygens (including phenoxy) is 4. The summed E-state index contributed by atoms with van der Waals surface area (Å²) in [6.07, 6.45) is 36.2. The van der Waals surface area contributed by atoms with Crippen LogP contribution in [0, 0.1) is 0 Å². The molecule has 4 N–H and O–H groups in total. The molecule has 0 aromatic rings. The molecule has 0 aromatic heterocycles. The van der Waals surface area contributed by atoms with Gasteiger partial charge in [-0.05, 0) is 64.2 Å². The van der Waals surface area contributed by atoms with E-state index >= 15 is 0 Å². The van der Waals surface area contributed by atoms with Gasteiger partial charge in [-0.2, -0.15) is 0 Å². The summed E-state index contributed by atoms with van der Waals surface area (Å²) in [6, 6.07) is 0. The van der Waals surface area contributed by atoms with Gasteiger partial charge in [0.05, 0.1) is 13.2 Å². The fraction of sp³-hybridized carbons (Fsp3) is 0.636. The Morgan fingerprint density at radius 2 is 1.09 bits per heavy atom. The molecule has 0 amide bonds.